The Hall–Kier alpha value is -2.78. The van der Waals surface area contributed by atoms with Gasteiger partial charge in [0.25, 0.3) is 0 Å². The minimum Gasteiger partial charge on any atom is -0.344 e. The van der Waals surface area contributed by atoms with Crippen molar-refractivity contribution < 1.29 is 22.4 Å². The third-order valence-electron chi connectivity index (χ3n) is 5.67. The molecular weight excluding hydrogens is 445 g/mol. The van der Waals surface area contributed by atoms with Crippen molar-refractivity contribution in [3.8, 4) is 0 Å². The number of carbonyl (C=O) groups excluding carboxylic acids is 2. The molecule has 0 bridgehead atoms. The van der Waals surface area contributed by atoms with Gasteiger partial charge in [-0.2, -0.15) is 4.31 Å². The molecule has 1 aliphatic heterocycles. The Bertz CT molecular complexity index is 1060. The summed E-state index contributed by atoms with van der Waals surface area (Å²) in [4.78, 5) is 27.4. The topological polar surface area (TPSA) is 86.8 Å². The van der Waals surface area contributed by atoms with Crippen molar-refractivity contribution in [1.29, 1.82) is 0 Å². The summed E-state index contributed by atoms with van der Waals surface area (Å²) >= 11 is 0. The Morgan fingerprint density at radius 1 is 0.970 bits per heavy atom. The van der Waals surface area contributed by atoms with Gasteiger partial charge in [0, 0.05) is 26.2 Å². The highest BCUT2D eigenvalue weighted by atomic mass is 32.2. The van der Waals surface area contributed by atoms with Crippen LogP contribution in [0.4, 0.5) is 4.39 Å². The summed E-state index contributed by atoms with van der Waals surface area (Å²) in [5, 5.41) is 2.86. The molecule has 2 aromatic rings. The minimum atomic E-state index is -3.78. The lowest BCUT2D eigenvalue weighted by Gasteiger charge is -2.29. The van der Waals surface area contributed by atoms with Crippen LogP contribution in [-0.4, -0.2) is 61.7 Å². The van der Waals surface area contributed by atoms with Crippen molar-refractivity contribution in [3.63, 3.8) is 0 Å². The summed E-state index contributed by atoms with van der Waals surface area (Å²) < 4.78 is 40.4. The smallest absolute Gasteiger partial charge is 0.245 e. The van der Waals surface area contributed by atoms with Crippen LogP contribution in [0.3, 0.4) is 0 Å². The molecule has 2 aromatic carbocycles. The largest absolute Gasteiger partial charge is 0.344 e. The number of hydrogen-bond acceptors (Lipinski definition) is 4. The molecule has 7 nitrogen and oxygen atoms in total. The van der Waals surface area contributed by atoms with Crippen LogP contribution in [-0.2, 0) is 26.0 Å². The first-order valence-electron chi connectivity index (χ1n) is 11.1. The molecule has 1 aliphatic rings. The van der Waals surface area contributed by atoms with E-state index in [1.54, 1.807) is 4.90 Å². The van der Waals surface area contributed by atoms with Crippen LogP contribution in [0.25, 0.3) is 0 Å². The average Bonchev–Trinajstić information content (AvgIpc) is 3.05. The monoisotopic (exact) mass is 475 g/mol. The van der Waals surface area contributed by atoms with Gasteiger partial charge < -0.3 is 10.2 Å². The predicted octanol–water partition coefficient (Wildman–Crippen LogP) is 2.43. The van der Waals surface area contributed by atoms with Gasteiger partial charge in [-0.3, -0.25) is 9.59 Å². The molecule has 0 aliphatic carbocycles. The molecule has 2 amide bonds. The van der Waals surface area contributed by atoms with E-state index in [9.17, 15) is 22.4 Å². The van der Waals surface area contributed by atoms with Crippen LogP contribution in [0.1, 0.15) is 25.8 Å². The first-order chi connectivity index (χ1) is 15.7. The maximum absolute atomic E-state index is 13.2. The van der Waals surface area contributed by atoms with Gasteiger partial charge in [-0.05, 0) is 42.2 Å². The van der Waals surface area contributed by atoms with Gasteiger partial charge in [0.1, 0.15) is 11.9 Å². The van der Waals surface area contributed by atoms with E-state index >= 15 is 0 Å². The number of sulfonamides is 1. The van der Waals surface area contributed by atoms with E-state index in [2.05, 4.69) is 5.32 Å². The lowest BCUT2D eigenvalue weighted by Crippen LogP contribution is -2.52. The third kappa shape index (κ3) is 6.39. The summed E-state index contributed by atoms with van der Waals surface area (Å²) in [6, 6.07) is 13.3. The second-order valence-electron chi connectivity index (χ2n) is 8.49. The highest BCUT2D eigenvalue weighted by Crippen LogP contribution is 2.19. The van der Waals surface area contributed by atoms with Gasteiger partial charge in [0.05, 0.1) is 11.3 Å². The van der Waals surface area contributed by atoms with E-state index < -0.39 is 21.9 Å². The molecule has 0 spiro atoms. The molecule has 9 heteroatoms. The lowest BCUT2D eigenvalue weighted by molar-refractivity contribution is -0.137. The van der Waals surface area contributed by atoms with E-state index in [0.29, 0.717) is 13.0 Å². The van der Waals surface area contributed by atoms with Gasteiger partial charge >= 0.3 is 0 Å². The van der Waals surface area contributed by atoms with Gasteiger partial charge in [0.15, 0.2) is 0 Å². The number of benzene rings is 2. The first-order valence-corrected chi connectivity index (χ1v) is 12.5. The fraction of sp³-hybridized carbons (Fsp3) is 0.417. The molecular formula is C24H30FN3O4S. The number of carbonyl (C=O) groups is 2. The van der Waals surface area contributed by atoms with Crippen molar-refractivity contribution >= 4 is 21.8 Å². The van der Waals surface area contributed by atoms with Crippen LogP contribution < -0.4 is 5.32 Å². The molecule has 0 saturated carbocycles. The molecule has 1 atom stereocenters. The number of amides is 2. The lowest BCUT2D eigenvalue weighted by atomic mass is 10.0. The van der Waals surface area contributed by atoms with Crippen molar-refractivity contribution in [2.75, 3.05) is 26.2 Å². The van der Waals surface area contributed by atoms with Gasteiger partial charge in [-0.15, -0.1) is 0 Å². The summed E-state index contributed by atoms with van der Waals surface area (Å²) in [5.41, 5.74) is 0.862. The zero-order valence-corrected chi connectivity index (χ0v) is 19.7. The SMILES string of the molecule is CC(C)[C@H](NC(=O)Cc1ccccc1)C(=O)N1CCCN(S(=O)(=O)c2ccc(F)cc2)CC1. The number of hydrogen-bond donors (Lipinski definition) is 1. The number of nitrogens with zero attached hydrogens (tertiary/aromatic N) is 2. The Kier molecular flexibility index (Phi) is 8.20. The fourth-order valence-electron chi connectivity index (χ4n) is 3.83. The van der Waals surface area contributed by atoms with Crippen molar-refractivity contribution in [2.45, 2.75) is 37.6 Å². The first kappa shape index (κ1) is 24.9. The molecule has 178 valence electrons. The zero-order chi connectivity index (χ0) is 24.0. The Morgan fingerprint density at radius 3 is 2.27 bits per heavy atom. The summed E-state index contributed by atoms with van der Waals surface area (Å²) in [7, 11) is -3.78. The molecule has 0 unspecified atom stereocenters. The third-order valence-corrected chi connectivity index (χ3v) is 7.59. The molecule has 1 fully saturated rings. The Labute approximate surface area is 194 Å². The molecule has 3 rings (SSSR count). The standard InChI is InChI=1S/C24H30FN3O4S/c1-18(2)23(26-22(29)17-19-7-4-3-5-8-19)24(30)27-13-6-14-28(16-15-27)33(31,32)21-11-9-20(25)10-12-21/h3-5,7-12,18,23H,6,13-17H2,1-2H3,(H,26,29)/t23-/m0/s1. The van der Waals surface area contributed by atoms with Crippen LogP contribution in [0.15, 0.2) is 59.5 Å². The number of rotatable bonds is 7. The number of nitrogens with one attached hydrogen (secondary N) is 1. The maximum atomic E-state index is 13.2. The second-order valence-corrected chi connectivity index (χ2v) is 10.4. The van der Waals surface area contributed by atoms with Crippen LogP contribution >= 0.6 is 0 Å². The fourth-order valence-corrected chi connectivity index (χ4v) is 5.30. The van der Waals surface area contributed by atoms with Crippen LogP contribution in [0.5, 0.6) is 0 Å². The van der Waals surface area contributed by atoms with Crippen molar-refractivity contribution in [3.05, 3.63) is 66.0 Å². The van der Waals surface area contributed by atoms with Crippen molar-refractivity contribution in [1.82, 2.24) is 14.5 Å². The quantitative estimate of drug-likeness (QED) is 0.667. The minimum absolute atomic E-state index is 0.0249. The zero-order valence-electron chi connectivity index (χ0n) is 18.9. The van der Waals surface area contributed by atoms with Crippen LogP contribution in [0.2, 0.25) is 0 Å². The normalized spacial score (nSPS) is 16.3. The van der Waals surface area contributed by atoms with Crippen molar-refractivity contribution in [2.24, 2.45) is 5.92 Å². The molecule has 0 aromatic heterocycles. The van der Waals surface area contributed by atoms with Gasteiger partial charge in [-0.1, -0.05) is 44.2 Å². The Morgan fingerprint density at radius 2 is 1.64 bits per heavy atom. The van der Waals surface area contributed by atoms with E-state index in [-0.39, 0.29) is 48.7 Å². The van der Waals surface area contributed by atoms with Gasteiger partial charge in [0.2, 0.25) is 21.8 Å². The molecule has 1 N–H and O–H groups in total. The number of halogens is 1. The molecule has 1 saturated heterocycles. The van der Waals surface area contributed by atoms with Gasteiger partial charge in [-0.25, -0.2) is 12.8 Å². The Balaban J connectivity index is 1.65. The average molecular weight is 476 g/mol. The molecule has 1 heterocycles. The molecule has 0 radical (unpaired) electrons. The molecule has 33 heavy (non-hydrogen) atoms. The summed E-state index contributed by atoms with van der Waals surface area (Å²) in [6.07, 6.45) is 0.649. The maximum Gasteiger partial charge on any atom is 0.245 e. The highest BCUT2D eigenvalue weighted by Gasteiger charge is 2.32. The highest BCUT2D eigenvalue weighted by molar-refractivity contribution is 7.89. The van der Waals surface area contributed by atoms with E-state index in [1.807, 2.05) is 44.2 Å². The predicted molar refractivity (Wildman–Crippen MR) is 123 cm³/mol. The second kappa shape index (κ2) is 10.9. The van der Waals surface area contributed by atoms with Crippen LogP contribution in [0, 0.1) is 11.7 Å². The van der Waals surface area contributed by atoms with E-state index in [4.69, 9.17) is 0 Å². The van der Waals surface area contributed by atoms with E-state index in [1.165, 1.54) is 16.4 Å². The van der Waals surface area contributed by atoms with E-state index in [0.717, 1.165) is 17.7 Å². The summed E-state index contributed by atoms with van der Waals surface area (Å²) in [5.74, 6) is -1.08. The summed E-state index contributed by atoms with van der Waals surface area (Å²) in [6.45, 7) is 4.75.